The van der Waals surface area contributed by atoms with Crippen LogP contribution in [0, 0.1) is 0 Å². The second kappa shape index (κ2) is 10.6. The van der Waals surface area contributed by atoms with Crippen LogP contribution < -0.4 is 10.1 Å². The molecule has 1 saturated carbocycles. The number of amides is 1. The molecule has 174 valence electrons. The highest BCUT2D eigenvalue weighted by Crippen LogP contribution is 2.34. The number of hydrogen-bond acceptors (Lipinski definition) is 7. The van der Waals surface area contributed by atoms with Crippen molar-refractivity contribution in [2.24, 2.45) is 0 Å². The molecular formula is C25H31N5O3. The van der Waals surface area contributed by atoms with Crippen molar-refractivity contribution in [1.29, 1.82) is 0 Å². The predicted octanol–water partition coefficient (Wildman–Crippen LogP) is 3.53. The number of hydrogen-bond donors (Lipinski definition) is 1. The molecule has 0 bridgehead atoms. The van der Waals surface area contributed by atoms with Gasteiger partial charge in [0, 0.05) is 57.4 Å². The summed E-state index contributed by atoms with van der Waals surface area (Å²) in [5, 5.41) is 3.47. The van der Waals surface area contributed by atoms with Gasteiger partial charge in [-0.25, -0.2) is 9.97 Å². The normalized spacial score (nSPS) is 20.6. The van der Waals surface area contributed by atoms with E-state index in [9.17, 15) is 4.79 Å². The van der Waals surface area contributed by atoms with Gasteiger partial charge in [-0.05, 0) is 36.6 Å². The van der Waals surface area contributed by atoms with Crippen molar-refractivity contribution in [3.63, 3.8) is 0 Å². The molecule has 0 atom stereocenters. The Labute approximate surface area is 194 Å². The monoisotopic (exact) mass is 449 g/mol. The summed E-state index contributed by atoms with van der Waals surface area (Å²) in [6.45, 7) is 9.16. The zero-order valence-electron chi connectivity index (χ0n) is 19.1. The summed E-state index contributed by atoms with van der Waals surface area (Å²) < 4.78 is 11.2. The summed E-state index contributed by atoms with van der Waals surface area (Å²) >= 11 is 0. The zero-order chi connectivity index (χ0) is 23.2. The van der Waals surface area contributed by atoms with Crippen molar-refractivity contribution in [3.05, 3.63) is 54.6 Å². The molecule has 8 heteroatoms. The van der Waals surface area contributed by atoms with Gasteiger partial charge in [0.25, 0.3) is 0 Å². The van der Waals surface area contributed by atoms with Crippen molar-refractivity contribution in [2.75, 3.05) is 32.1 Å². The minimum Gasteiger partial charge on any atom is -0.473 e. The highest BCUT2D eigenvalue weighted by Gasteiger charge is 2.33. The van der Waals surface area contributed by atoms with E-state index in [0.717, 1.165) is 48.5 Å². The second-order valence-electron chi connectivity index (χ2n) is 8.47. The number of pyridine rings is 1. The highest BCUT2D eigenvalue weighted by atomic mass is 16.5. The Morgan fingerprint density at radius 1 is 1.18 bits per heavy atom. The summed E-state index contributed by atoms with van der Waals surface area (Å²) in [7, 11) is 1.54. The van der Waals surface area contributed by atoms with Gasteiger partial charge >= 0.3 is 0 Å². The van der Waals surface area contributed by atoms with Crippen LogP contribution in [0.15, 0.2) is 37.7 Å². The SMILES string of the molecule is C=Cc1ccc(NC2CC(Oc3nccnc3C3CCN(C(=O)COC)CC3)C2)nc1C=C. The van der Waals surface area contributed by atoms with E-state index in [1.54, 1.807) is 31.7 Å². The summed E-state index contributed by atoms with van der Waals surface area (Å²) in [6.07, 6.45) is 10.4. The molecule has 1 saturated heterocycles. The van der Waals surface area contributed by atoms with Gasteiger partial charge in [0.1, 0.15) is 24.2 Å². The molecule has 2 aromatic rings. The Hall–Kier alpha value is -3.26. The van der Waals surface area contributed by atoms with Gasteiger partial charge in [-0.15, -0.1) is 0 Å². The third kappa shape index (κ3) is 5.39. The number of methoxy groups -OCH3 is 1. The van der Waals surface area contributed by atoms with Gasteiger partial charge in [0.2, 0.25) is 11.8 Å². The molecule has 1 N–H and O–H groups in total. The minimum atomic E-state index is 0.0356. The first-order valence-corrected chi connectivity index (χ1v) is 11.4. The van der Waals surface area contributed by atoms with Gasteiger partial charge in [-0.1, -0.05) is 19.2 Å². The number of piperidine rings is 1. The van der Waals surface area contributed by atoms with Gasteiger partial charge in [0.15, 0.2) is 0 Å². The summed E-state index contributed by atoms with van der Waals surface area (Å²) in [6, 6.07) is 4.25. The molecule has 4 rings (SSSR count). The molecule has 1 amide bonds. The van der Waals surface area contributed by atoms with Crippen LogP contribution in [0.4, 0.5) is 5.82 Å². The molecule has 0 spiro atoms. The fourth-order valence-electron chi connectivity index (χ4n) is 4.37. The molecule has 2 aromatic heterocycles. The first-order chi connectivity index (χ1) is 16.1. The number of likely N-dealkylation sites (tertiary alicyclic amines) is 1. The third-order valence-electron chi connectivity index (χ3n) is 6.29. The van der Waals surface area contributed by atoms with Crippen molar-refractivity contribution in [2.45, 2.75) is 43.7 Å². The number of rotatable bonds is 9. The predicted molar refractivity (Wildman–Crippen MR) is 128 cm³/mol. The molecule has 0 unspecified atom stereocenters. The number of aromatic nitrogens is 3. The Balaban J connectivity index is 1.30. The lowest BCUT2D eigenvalue weighted by Crippen LogP contribution is -2.43. The lowest BCUT2D eigenvalue weighted by molar-refractivity contribution is -0.136. The van der Waals surface area contributed by atoms with Crippen LogP contribution in [0.5, 0.6) is 5.88 Å². The molecule has 1 aliphatic heterocycles. The number of ether oxygens (including phenoxy) is 2. The van der Waals surface area contributed by atoms with Crippen LogP contribution in [0.25, 0.3) is 12.2 Å². The Kier molecular flexibility index (Phi) is 7.34. The minimum absolute atomic E-state index is 0.0356. The summed E-state index contributed by atoms with van der Waals surface area (Å²) in [4.78, 5) is 27.6. The molecular weight excluding hydrogens is 418 g/mol. The molecule has 33 heavy (non-hydrogen) atoms. The second-order valence-corrected chi connectivity index (χ2v) is 8.47. The standard InChI is InChI=1S/C25H31N5O3/c1-4-17-6-7-22(29-21(17)5-2)28-19-14-20(15-19)33-25-24(26-10-11-27-25)18-8-12-30(13-9-18)23(31)16-32-3/h4-7,10-11,18-20H,1-2,8-9,12-16H2,3H3,(H,28,29). The van der Waals surface area contributed by atoms with Crippen molar-refractivity contribution in [3.8, 4) is 5.88 Å². The maximum Gasteiger partial charge on any atom is 0.248 e. The molecule has 0 aromatic carbocycles. The number of carbonyl (C=O) groups excluding carboxylic acids is 1. The van der Waals surface area contributed by atoms with Gasteiger partial charge in [0.05, 0.1) is 5.69 Å². The topological polar surface area (TPSA) is 89.5 Å². The molecule has 2 aliphatic rings. The van der Waals surface area contributed by atoms with Crippen LogP contribution >= 0.6 is 0 Å². The molecule has 3 heterocycles. The number of nitrogens with one attached hydrogen (secondary N) is 1. The quantitative estimate of drug-likeness (QED) is 0.626. The smallest absolute Gasteiger partial charge is 0.248 e. The average Bonchev–Trinajstić information content (AvgIpc) is 2.83. The molecule has 1 aliphatic carbocycles. The maximum absolute atomic E-state index is 12.1. The van der Waals surface area contributed by atoms with E-state index < -0.39 is 0 Å². The number of nitrogens with zero attached hydrogens (tertiary/aromatic N) is 4. The van der Waals surface area contributed by atoms with Crippen LogP contribution in [0.3, 0.4) is 0 Å². The maximum atomic E-state index is 12.1. The Morgan fingerprint density at radius 3 is 2.64 bits per heavy atom. The summed E-state index contributed by atoms with van der Waals surface area (Å²) in [5.41, 5.74) is 2.68. The average molecular weight is 450 g/mol. The Morgan fingerprint density at radius 2 is 1.94 bits per heavy atom. The molecule has 8 nitrogen and oxygen atoms in total. The first kappa shape index (κ1) is 22.9. The number of carbonyl (C=O) groups is 1. The zero-order valence-corrected chi connectivity index (χ0v) is 19.1. The van der Waals surface area contributed by atoms with E-state index in [2.05, 4.69) is 33.4 Å². The van der Waals surface area contributed by atoms with Gasteiger partial charge < -0.3 is 19.7 Å². The van der Waals surface area contributed by atoms with E-state index in [0.29, 0.717) is 25.0 Å². The molecule has 2 fully saturated rings. The number of anilines is 1. The fourth-order valence-corrected chi connectivity index (χ4v) is 4.37. The van der Waals surface area contributed by atoms with E-state index in [4.69, 9.17) is 9.47 Å². The van der Waals surface area contributed by atoms with E-state index in [1.807, 2.05) is 17.0 Å². The first-order valence-electron chi connectivity index (χ1n) is 11.4. The highest BCUT2D eigenvalue weighted by molar-refractivity contribution is 5.77. The lowest BCUT2D eigenvalue weighted by Gasteiger charge is -2.37. The molecule has 0 radical (unpaired) electrons. The van der Waals surface area contributed by atoms with Crippen LogP contribution in [-0.2, 0) is 9.53 Å². The van der Waals surface area contributed by atoms with E-state index in [1.165, 1.54) is 0 Å². The third-order valence-corrected chi connectivity index (χ3v) is 6.29. The van der Waals surface area contributed by atoms with E-state index >= 15 is 0 Å². The van der Waals surface area contributed by atoms with Crippen molar-refractivity contribution in [1.82, 2.24) is 19.9 Å². The van der Waals surface area contributed by atoms with Crippen molar-refractivity contribution >= 4 is 23.9 Å². The van der Waals surface area contributed by atoms with Crippen LogP contribution in [-0.4, -0.2) is 64.7 Å². The van der Waals surface area contributed by atoms with Crippen LogP contribution in [0.1, 0.15) is 48.6 Å². The van der Waals surface area contributed by atoms with E-state index in [-0.39, 0.29) is 24.5 Å². The van der Waals surface area contributed by atoms with Gasteiger partial charge in [-0.3, -0.25) is 9.78 Å². The van der Waals surface area contributed by atoms with Gasteiger partial charge in [-0.2, -0.15) is 0 Å². The Bertz CT molecular complexity index is 997. The fraction of sp³-hybridized carbons (Fsp3) is 0.440. The lowest BCUT2D eigenvalue weighted by atomic mass is 9.89. The van der Waals surface area contributed by atoms with Crippen molar-refractivity contribution < 1.29 is 14.3 Å². The largest absolute Gasteiger partial charge is 0.473 e. The van der Waals surface area contributed by atoms with Crippen LogP contribution in [0.2, 0.25) is 0 Å². The summed E-state index contributed by atoms with van der Waals surface area (Å²) in [5.74, 6) is 1.71.